The maximum Gasteiger partial charge on any atom is 0.191 e. The van der Waals surface area contributed by atoms with Crippen molar-refractivity contribution in [2.24, 2.45) is 10.4 Å². The van der Waals surface area contributed by atoms with Crippen molar-refractivity contribution in [3.63, 3.8) is 0 Å². The number of hydrogen-bond donors (Lipinski definition) is 2. The molecule has 2 rings (SSSR count). The highest BCUT2D eigenvalue weighted by Crippen LogP contribution is 2.37. The highest BCUT2D eigenvalue weighted by atomic mass is 32.1. The Hall–Kier alpha value is -1.10. The van der Waals surface area contributed by atoms with Crippen molar-refractivity contribution in [3.8, 4) is 0 Å². The summed E-state index contributed by atoms with van der Waals surface area (Å²) in [4.78, 5) is 10.6. The third-order valence-electron chi connectivity index (χ3n) is 4.35. The molecule has 1 fully saturated rings. The standard InChI is InChI=1S/C17H30N4S/c1-4-14-12-20-15(22-14)8-11-19-16(18-5-2)21-13-17(3)9-6-7-10-17/h12H,4-11,13H2,1-3H3,(H2,18,19,21). The molecular weight excluding hydrogens is 292 g/mol. The van der Waals surface area contributed by atoms with Crippen LogP contribution in [-0.4, -0.2) is 30.6 Å². The molecule has 0 aliphatic heterocycles. The van der Waals surface area contributed by atoms with Gasteiger partial charge in [-0.1, -0.05) is 26.7 Å². The predicted molar refractivity (Wildman–Crippen MR) is 95.8 cm³/mol. The molecule has 0 saturated heterocycles. The summed E-state index contributed by atoms with van der Waals surface area (Å²) in [5.41, 5.74) is 0.410. The van der Waals surface area contributed by atoms with Gasteiger partial charge in [0.15, 0.2) is 5.96 Å². The Morgan fingerprint density at radius 3 is 2.73 bits per heavy atom. The molecule has 1 aliphatic carbocycles. The lowest BCUT2D eigenvalue weighted by molar-refractivity contribution is 0.350. The highest BCUT2D eigenvalue weighted by Gasteiger charge is 2.28. The molecule has 0 amide bonds. The van der Waals surface area contributed by atoms with Crippen molar-refractivity contribution in [3.05, 3.63) is 16.1 Å². The number of hydrogen-bond acceptors (Lipinski definition) is 3. The average molecular weight is 323 g/mol. The Labute approximate surface area is 138 Å². The van der Waals surface area contributed by atoms with E-state index >= 15 is 0 Å². The summed E-state index contributed by atoms with van der Waals surface area (Å²) in [7, 11) is 0. The Kier molecular flexibility index (Phi) is 6.68. The van der Waals surface area contributed by atoms with Gasteiger partial charge in [0.05, 0.1) is 5.01 Å². The third-order valence-corrected chi connectivity index (χ3v) is 5.56. The number of aryl methyl sites for hydroxylation is 1. The lowest BCUT2D eigenvalue weighted by Gasteiger charge is -2.21. The van der Waals surface area contributed by atoms with Gasteiger partial charge in [0.1, 0.15) is 0 Å². The monoisotopic (exact) mass is 322 g/mol. The maximum absolute atomic E-state index is 4.80. The molecule has 5 heteroatoms. The molecule has 22 heavy (non-hydrogen) atoms. The number of nitrogens with one attached hydrogen (secondary N) is 2. The van der Waals surface area contributed by atoms with Crippen LogP contribution in [0.25, 0.3) is 0 Å². The Balaban J connectivity index is 1.80. The van der Waals surface area contributed by atoms with Crippen molar-refractivity contribution in [1.29, 1.82) is 0 Å². The molecule has 0 radical (unpaired) electrons. The van der Waals surface area contributed by atoms with Crippen LogP contribution in [0.4, 0.5) is 0 Å². The number of aromatic nitrogens is 1. The lowest BCUT2D eigenvalue weighted by atomic mass is 9.89. The second-order valence-electron chi connectivity index (χ2n) is 6.46. The largest absolute Gasteiger partial charge is 0.357 e. The average Bonchev–Trinajstić information content (AvgIpc) is 3.14. The van der Waals surface area contributed by atoms with E-state index in [4.69, 9.17) is 4.99 Å². The van der Waals surface area contributed by atoms with Crippen LogP contribution in [0.3, 0.4) is 0 Å². The van der Waals surface area contributed by atoms with E-state index in [0.717, 1.165) is 38.4 Å². The summed E-state index contributed by atoms with van der Waals surface area (Å²) in [5, 5.41) is 8.00. The Morgan fingerprint density at radius 1 is 1.32 bits per heavy atom. The molecule has 1 aromatic rings. The zero-order chi connectivity index (χ0) is 15.8. The van der Waals surface area contributed by atoms with Crippen LogP contribution in [0.5, 0.6) is 0 Å². The normalized spacial score (nSPS) is 17.7. The van der Waals surface area contributed by atoms with E-state index in [9.17, 15) is 0 Å². The quantitative estimate of drug-likeness (QED) is 0.597. The maximum atomic E-state index is 4.80. The molecule has 1 heterocycles. The first-order chi connectivity index (χ1) is 10.6. The fourth-order valence-corrected chi connectivity index (χ4v) is 3.78. The van der Waals surface area contributed by atoms with Gasteiger partial charge in [-0.2, -0.15) is 0 Å². The number of nitrogens with zero attached hydrogens (tertiary/aromatic N) is 2. The van der Waals surface area contributed by atoms with Crippen molar-refractivity contribution < 1.29 is 0 Å². The summed E-state index contributed by atoms with van der Waals surface area (Å²) in [6.45, 7) is 9.38. The smallest absolute Gasteiger partial charge is 0.191 e. The Morgan fingerprint density at radius 2 is 2.09 bits per heavy atom. The minimum absolute atomic E-state index is 0.410. The van der Waals surface area contributed by atoms with E-state index in [2.05, 4.69) is 36.4 Å². The van der Waals surface area contributed by atoms with Gasteiger partial charge < -0.3 is 10.6 Å². The predicted octanol–water partition coefficient (Wildman–Crippen LogP) is 3.38. The van der Waals surface area contributed by atoms with E-state index in [1.165, 1.54) is 35.6 Å². The van der Waals surface area contributed by atoms with Crippen LogP contribution in [-0.2, 0) is 12.8 Å². The second-order valence-corrected chi connectivity index (χ2v) is 7.66. The van der Waals surface area contributed by atoms with Gasteiger partial charge in [-0.15, -0.1) is 11.3 Å². The van der Waals surface area contributed by atoms with Crippen LogP contribution in [0.1, 0.15) is 56.3 Å². The summed E-state index contributed by atoms with van der Waals surface area (Å²) >= 11 is 1.82. The minimum atomic E-state index is 0.410. The zero-order valence-corrected chi connectivity index (χ0v) is 15.1. The molecule has 0 unspecified atom stereocenters. The summed E-state index contributed by atoms with van der Waals surface area (Å²) in [5.74, 6) is 0.947. The zero-order valence-electron chi connectivity index (χ0n) is 14.2. The van der Waals surface area contributed by atoms with Crippen LogP contribution in [0.2, 0.25) is 0 Å². The van der Waals surface area contributed by atoms with Gasteiger partial charge >= 0.3 is 0 Å². The second kappa shape index (κ2) is 8.51. The molecule has 124 valence electrons. The number of guanidine groups is 1. The van der Waals surface area contributed by atoms with E-state index in [-0.39, 0.29) is 0 Å². The molecule has 0 spiro atoms. The number of rotatable bonds is 7. The van der Waals surface area contributed by atoms with Gasteiger partial charge in [0.2, 0.25) is 0 Å². The van der Waals surface area contributed by atoms with Gasteiger partial charge in [0, 0.05) is 37.1 Å². The topological polar surface area (TPSA) is 49.3 Å². The molecule has 2 N–H and O–H groups in total. The number of aliphatic imine (C=N–C) groups is 1. The van der Waals surface area contributed by atoms with E-state index in [1.54, 1.807) is 0 Å². The number of thiazole rings is 1. The van der Waals surface area contributed by atoms with E-state index in [1.807, 2.05) is 17.5 Å². The lowest BCUT2D eigenvalue weighted by Crippen LogP contribution is -2.39. The van der Waals surface area contributed by atoms with E-state index in [0.29, 0.717) is 5.41 Å². The first-order valence-corrected chi connectivity index (χ1v) is 9.42. The van der Waals surface area contributed by atoms with Gasteiger partial charge in [0.25, 0.3) is 0 Å². The molecule has 0 bridgehead atoms. The molecule has 1 aliphatic rings. The summed E-state index contributed by atoms with van der Waals surface area (Å²) in [6, 6.07) is 0. The molecule has 4 nitrogen and oxygen atoms in total. The van der Waals surface area contributed by atoms with Crippen LogP contribution in [0, 0.1) is 5.41 Å². The molecule has 0 aromatic carbocycles. The first-order valence-electron chi connectivity index (χ1n) is 8.61. The molecule has 0 atom stereocenters. The minimum Gasteiger partial charge on any atom is -0.357 e. The van der Waals surface area contributed by atoms with Gasteiger partial charge in [-0.3, -0.25) is 4.99 Å². The van der Waals surface area contributed by atoms with Gasteiger partial charge in [-0.05, 0) is 31.6 Å². The van der Waals surface area contributed by atoms with Crippen LogP contribution < -0.4 is 10.6 Å². The van der Waals surface area contributed by atoms with Gasteiger partial charge in [-0.25, -0.2) is 4.98 Å². The van der Waals surface area contributed by atoms with Crippen molar-refractivity contribution in [2.45, 2.75) is 59.3 Å². The van der Waals surface area contributed by atoms with Crippen molar-refractivity contribution in [1.82, 2.24) is 15.6 Å². The molecule has 1 aromatic heterocycles. The summed E-state index contributed by atoms with van der Waals surface area (Å²) in [6.07, 6.45) is 9.39. The molecule has 1 saturated carbocycles. The SMILES string of the molecule is CCNC(=NCC1(C)CCCC1)NCCc1ncc(CC)s1. The third kappa shape index (κ3) is 5.27. The molecular formula is C17H30N4S. The highest BCUT2D eigenvalue weighted by molar-refractivity contribution is 7.11. The van der Waals surface area contributed by atoms with E-state index < -0.39 is 0 Å². The first kappa shape index (κ1) is 17.3. The summed E-state index contributed by atoms with van der Waals surface area (Å²) < 4.78 is 0. The fraction of sp³-hybridized carbons (Fsp3) is 0.765. The Bertz CT molecular complexity index is 475. The van der Waals surface area contributed by atoms with Crippen molar-refractivity contribution in [2.75, 3.05) is 19.6 Å². The van der Waals surface area contributed by atoms with Crippen LogP contribution >= 0.6 is 11.3 Å². The fourth-order valence-electron chi connectivity index (χ4n) is 2.91. The van der Waals surface area contributed by atoms with Crippen molar-refractivity contribution >= 4 is 17.3 Å². The van der Waals surface area contributed by atoms with Crippen LogP contribution in [0.15, 0.2) is 11.2 Å².